The summed E-state index contributed by atoms with van der Waals surface area (Å²) in [4.78, 5) is 8.38. The van der Waals surface area contributed by atoms with E-state index in [2.05, 4.69) is 39.3 Å². The fraction of sp³-hybridized carbons (Fsp3) is 0.214. The first-order valence-corrected chi connectivity index (χ1v) is 6.25. The molecule has 0 spiro atoms. The van der Waals surface area contributed by atoms with Gasteiger partial charge in [0.25, 0.3) is 0 Å². The number of aryl methyl sites for hydroxylation is 2. The van der Waals surface area contributed by atoms with Crippen LogP contribution in [0.3, 0.4) is 0 Å². The van der Waals surface area contributed by atoms with Gasteiger partial charge in [0.2, 0.25) is 0 Å². The minimum atomic E-state index is 0.699. The lowest BCUT2D eigenvalue weighted by molar-refractivity contribution is 0.416. The molecule has 0 bridgehead atoms. The van der Waals surface area contributed by atoms with E-state index in [4.69, 9.17) is 4.74 Å². The van der Waals surface area contributed by atoms with Gasteiger partial charge in [-0.25, -0.2) is 9.97 Å². The summed E-state index contributed by atoms with van der Waals surface area (Å²) in [6.45, 7) is 4.12. The summed E-state index contributed by atoms with van der Waals surface area (Å²) in [6.07, 6.45) is 3.20. The predicted molar refractivity (Wildman–Crippen MR) is 77.4 cm³/mol. The molecule has 0 fully saturated rings. The van der Waals surface area contributed by atoms with E-state index in [1.807, 2.05) is 12.1 Å². The van der Waals surface area contributed by atoms with E-state index in [-0.39, 0.29) is 0 Å². The smallest absolute Gasteiger partial charge is 0.160 e. The molecular weight excluding hydrogens is 254 g/mol. The molecule has 6 heteroatoms. The van der Waals surface area contributed by atoms with E-state index < -0.39 is 0 Å². The molecule has 3 aromatic rings. The van der Waals surface area contributed by atoms with Crippen LogP contribution in [-0.4, -0.2) is 27.3 Å². The molecule has 3 rings (SSSR count). The first-order chi connectivity index (χ1) is 9.69. The van der Waals surface area contributed by atoms with Crippen LogP contribution in [0.2, 0.25) is 0 Å². The van der Waals surface area contributed by atoms with Gasteiger partial charge in [-0.1, -0.05) is 0 Å². The second-order valence-corrected chi connectivity index (χ2v) is 4.62. The van der Waals surface area contributed by atoms with Gasteiger partial charge in [0.1, 0.15) is 17.9 Å². The van der Waals surface area contributed by atoms with Crippen molar-refractivity contribution < 1.29 is 4.74 Å². The van der Waals surface area contributed by atoms with Crippen molar-refractivity contribution in [3.8, 4) is 5.75 Å². The minimum Gasteiger partial charge on any atom is -0.495 e. The predicted octanol–water partition coefficient (Wildman–Crippen LogP) is 2.72. The highest BCUT2D eigenvalue weighted by atomic mass is 16.5. The lowest BCUT2D eigenvalue weighted by Gasteiger charge is -2.13. The molecule has 1 aromatic carbocycles. The van der Waals surface area contributed by atoms with Gasteiger partial charge in [-0.3, -0.25) is 5.10 Å². The molecule has 20 heavy (non-hydrogen) atoms. The molecule has 2 heterocycles. The highest BCUT2D eigenvalue weighted by Gasteiger charge is 2.10. The van der Waals surface area contributed by atoms with Crippen LogP contribution in [0.5, 0.6) is 5.75 Å². The average molecular weight is 269 g/mol. The number of rotatable bonds is 3. The van der Waals surface area contributed by atoms with Crippen LogP contribution >= 0.6 is 0 Å². The molecule has 0 aliphatic rings. The molecule has 0 unspecified atom stereocenters. The monoisotopic (exact) mass is 269 g/mol. The highest BCUT2D eigenvalue weighted by Crippen LogP contribution is 2.31. The molecule has 0 radical (unpaired) electrons. The average Bonchev–Trinajstić information content (AvgIpc) is 2.92. The molecule has 0 aliphatic carbocycles. The van der Waals surface area contributed by atoms with Gasteiger partial charge in [0.15, 0.2) is 5.65 Å². The van der Waals surface area contributed by atoms with Crippen molar-refractivity contribution >= 4 is 22.5 Å². The van der Waals surface area contributed by atoms with Gasteiger partial charge >= 0.3 is 0 Å². The lowest BCUT2D eigenvalue weighted by Crippen LogP contribution is -1.99. The van der Waals surface area contributed by atoms with Gasteiger partial charge in [-0.2, -0.15) is 5.10 Å². The Kier molecular flexibility index (Phi) is 2.98. The van der Waals surface area contributed by atoms with Crippen LogP contribution < -0.4 is 10.1 Å². The Labute approximate surface area is 116 Å². The van der Waals surface area contributed by atoms with Crippen LogP contribution in [0.4, 0.5) is 11.5 Å². The van der Waals surface area contributed by atoms with E-state index >= 15 is 0 Å². The number of aromatic amines is 1. The second-order valence-electron chi connectivity index (χ2n) is 4.62. The summed E-state index contributed by atoms with van der Waals surface area (Å²) in [5, 5.41) is 10.9. The molecule has 6 nitrogen and oxygen atoms in total. The van der Waals surface area contributed by atoms with Crippen molar-refractivity contribution in [2.75, 3.05) is 12.4 Å². The maximum atomic E-state index is 5.42. The molecular formula is C14H15N5O. The Morgan fingerprint density at radius 3 is 2.75 bits per heavy atom. The van der Waals surface area contributed by atoms with E-state index in [0.29, 0.717) is 11.5 Å². The number of H-pyrrole nitrogens is 1. The number of aromatic nitrogens is 4. The van der Waals surface area contributed by atoms with Crippen LogP contribution in [0.1, 0.15) is 11.1 Å². The molecule has 2 aromatic heterocycles. The molecule has 0 saturated carbocycles. The standard InChI is InChI=1S/C14H15N5O/c1-8-4-11(12(20-3)5-9(8)2)18-13-10-6-17-19-14(10)16-7-15-13/h4-7H,1-3H3,(H2,15,16,17,18,19). The quantitative estimate of drug-likeness (QED) is 0.764. The first kappa shape index (κ1) is 12.4. The van der Waals surface area contributed by atoms with E-state index in [1.54, 1.807) is 13.3 Å². The number of hydrogen-bond acceptors (Lipinski definition) is 5. The fourth-order valence-electron chi connectivity index (χ4n) is 2.05. The number of nitrogens with one attached hydrogen (secondary N) is 2. The number of methoxy groups -OCH3 is 1. The second kappa shape index (κ2) is 4.80. The van der Waals surface area contributed by atoms with E-state index in [0.717, 1.165) is 16.8 Å². The summed E-state index contributed by atoms with van der Waals surface area (Å²) < 4.78 is 5.42. The molecule has 0 amide bonds. The zero-order chi connectivity index (χ0) is 14.1. The molecule has 102 valence electrons. The zero-order valence-electron chi connectivity index (χ0n) is 11.6. The Morgan fingerprint density at radius 1 is 1.15 bits per heavy atom. The van der Waals surface area contributed by atoms with Crippen molar-refractivity contribution in [3.63, 3.8) is 0 Å². The Bertz CT molecular complexity index is 765. The molecule has 0 aliphatic heterocycles. The number of anilines is 2. The van der Waals surface area contributed by atoms with Crippen molar-refractivity contribution in [1.29, 1.82) is 0 Å². The fourth-order valence-corrected chi connectivity index (χ4v) is 2.05. The molecule has 2 N–H and O–H groups in total. The lowest BCUT2D eigenvalue weighted by atomic mass is 10.1. The maximum absolute atomic E-state index is 5.42. The number of hydrogen-bond donors (Lipinski definition) is 2. The SMILES string of the molecule is COc1cc(C)c(C)cc1Nc1ncnc2[nH]ncc12. The summed E-state index contributed by atoms with van der Waals surface area (Å²) in [5.41, 5.74) is 3.94. The van der Waals surface area contributed by atoms with Gasteiger partial charge < -0.3 is 10.1 Å². The number of nitrogens with zero attached hydrogens (tertiary/aromatic N) is 3. The van der Waals surface area contributed by atoms with Crippen molar-refractivity contribution in [2.24, 2.45) is 0 Å². The Morgan fingerprint density at radius 2 is 1.95 bits per heavy atom. The van der Waals surface area contributed by atoms with Crippen LogP contribution in [-0.2, 0) is 0 Å². The summed E-state index contributed by atoms with van der Waals surface area (Å²) in [7, 11) is 1.66. The van der Waals surface area contributed by atoms with Crippen molar-refractivity contribution in [2.45, 2.75) is 13.8 Å². The van der Waals surface area contributed by atoms with Crippen LogP contribution in [0.25, 0.3) is 11.0 Å². The van der Waals surface area contributed by atoms with E-state index in [1.165, 1.54) is 17.5 Å². The largest absolute Gasteiger partial charge is 0.495 e. The third kappa shape index (κ3) is 2.05. The van der Waals surface area contributed by atoms with E-state index in [9.17, 15) is 0 Å². The molecule has 0 saturated heterocycles. The van der Waals surface area contributed by atoms with Crippen molar-refractivity contribution in [1.82, 2.24) is 20.2 Å². The topological polar surface area (TPSA) is 75.7 Å². The van der Waals surface area contributed by atoms with Gasteiger partial charge in [0.05, 0.1) is 24.4 Å². The summed E-state index contributed by atoms with van der Waals surface area (Å²) >= 11 is 0. The van der Waals surface area contributed by atoms with Crippen molar-refractivity contribution in [3.05, 3.63) is 35.8 Å². The summed E-state index contributed by atoms with van der Waals surface area (Å²) in [6, 6.07) is 4.05. The highest BCUT2D eigenvalue weighted by molar-refractivity contribution is 5.88. The van der Waals surface area contributed by atoms with Crippen LogP contribution in [0, 0.1) is 13.8 Å². The van der Waals surface area contributed by atoms with Crippen LogP contribution in [0.15, 0.2) is 24.7 Å². The van der Waals surface area contributed by atoms with Gasteiger partial charge in [-0.05, 0) is 37.1 Å². The van der Waals surface area contributed by atoms with Gasteiger partial charge in [0, 0.05) is 0 Å². The number of fused-ring (bicyclic) bond motifs is 1. The Hall–Kier alpha value is -2.63. The summed E-state index contributed by atoms with van der Waals surface area (Å²) in [5.74, 6) is 1.48. The first-order valence-electron chi connectivity index (χ1n) is 6.25. The number of ether oxygens (including phenoxy) is 1. The number of benzene rings is 1. The zero-order valence-corrected chi connectivity index (χ0v) is 11.6. The third-order valence-corrected chi connectivity index (χ3v) is 3.32. The normalized spacial score (nSPS) is 10.8. The third-order valence-electron chi connectivity index (χ3n) is 3.32. The Balaban J connectivity index is 2.07. The molecule has 0 atom stereocenters. The minimum absolute atomic E-state index is 0.699. The van der Waals surface area contributed by atoms with Gasteiger partial charge in [-0.15, -0.1) is 0 Å². The maximum Gasteiger partial charge on any atom is 0.160 e.